The molecular formula is C13H10BrFN2O. The topological polar surface area (TPSA) is 42.0 Å². The van der Waals surface area contributed by atoms with E-state index in [1.807, 2.05) is 0 Å². The Morgan fingerprint density at radius 3 is 2.89 bits per heavy atom. The van der Waals surface area contributed by atoms with Crippen LogP contribution in [0.2, 0.25) is 0 Å². The highest BCUT2D eigenvalue weighted by Gasteiger charge is 2.07. The maximum Gasteiger partial charge on any atom is 0.255 e. The van der Waals surface area contributed by atoms with Crippen molar-refractivity contribution in [2.24, 2.45) is 0 Å². The second kappa shape index (κ2) is 5.73. The highest BCUT2D eigenvalue weighted by Crippen LogP contribution is 2.14. The fourth-order valence-corrected chi connectivity index (χ4v) is 1.84. The summed E-state index contributed by atoms with van der Waals surface area (Å²) in [5, 5.41) is 2.71. The average Bonchev–Trinajstić information content (AvgIpc) is 2.39. The molecule has 2 rings (SSSR count). The van der Waals surface area contributed by atoms with Crippen LogP contribution in [0.3, 0.4) is 0 Å². The van der Waals surface area contributed by atoms with Gasteiger partial charge in [0.1, 0.15) is 11.3 Å². The lowest BCUT2D eigenvalue weighted by atomic mass is 10.2. The monoisotopic (exact) mass is 308 g/mol. The summed E-state index contributed by atoms with van der Waals surface area (Å²) in [5.41, 5.74) is 1.59. The number of anilines is 1. The lowest BCUT2D eigenvalue weighted by Gasteiger charge is -2.06. The third-order valence-electron chi connectivity index (χ3n) is 2.33. The number of alkyl halides is 1. The summed E-state index contributed by atoms with van der Waals surface area (Å²) in [5.74, 6) is -0.255. The van der Waals surface area contributed by atoms with Crippen LogP contribution < -0.4 is 5.32 Å². The lowest BCUT2D eigenvalue weighted by Crippen LogP contribution is -2.12. The number of rotatable bonds is 3. The normalized spacial score (nSPS) is 10.1. The molecule has 1 amide bonds. The minimum atomic E-state index is -0.551. The summed E-state index contributed by atoms with van der Waals surface area (Å²) in [6, 6.07) is 9.92. The fourth-order valence-electron chi connectivity index (χ4n) is 1.48. The van der Waals surface area contributed by atoms with Gasteiger partial charge < -0.3 is 5.32 Å². The standard InChI is InChI=1S/C13H10BrFN2O/c14-12-7-10(4-5-16-12)13(18)17-11-3-1-2-9(6-11)8-15/h1-7H,8H2,(H,17,18). The van der Waals surface area contributed by atoms with Crippen LogP contribution in [-0.4, -0.2) is 10.9 Å². The Kier molecular flexibility index (Phi) is 4.04. The lowest BCUT2D eigenvalue weighted by molar-refractivity contribution is 0.102. The quantitative estimate of drug-likeness (QED) is 0.881. The van der Waals surface area contributed by atoms with Gasteiger partial charge in [0.2, 0.25) is 0 Å². The second-order valence-electron chi connectivity index (χ2n) is 3.66. The Balaban J connectivity index is 2.16. The highest BCUT2D eigenvalue weighted by molar-refractivity contribution is 9.10. The molecule has 0 bridgehead atoms. The predicted octanol–water partition coefficient (Wildman–Crippen LogP) is 3.57. The molecule has 5 heteroatoms. The van der Waals surface area contributed by atoms with Crippen LogP contribution in [0.1, 0.15) is 15.9 Å². The molecule has 0 unspecified atom stereocenters. The second-order valence-corrected chi connectivity index (χ2v) is 4.47. The molecule has 1 aromatic carbocycles. The molecular weight excluding hydrogens is 299 g/mol. The van der Waals surface area contributed by atoms with E-state index >= 15 is 0 Å². The molecule has 0 aliphatic rings. The number of nitrogens with zero attached hydrogens (tertiary/aromatic N) is 1. The predicted molar refractivity (Wildman–Crippen MR) is 71.1 cm³/mol. The zero-order valence-electron chi connectivity index (χ0n) is 9.36. The van der Waals surface area contributed by atoms with Gasteiger partial charge in [-0.15, -0.1) is 0 Å². The van der Waals surface area contributed by atoms with E-state index in [1.165, 1.54) is 6.20 Å². The molecule has 1 aromatic heterocycles. The van der Waals surface area contributed by atoms with Crippen LogP contribution in [0.15, 0.2) is 47.2 Å². The molecule has 0 atom stereocenters. The maximum atomic E-state index is 12.5. The van der Waals surface area contributed by atoms with Crippen molar-refractivity contribution < 1.29 is 9.18 Å². The minimum Gasteiger partial charge on any atom is -0.322 e. The number of carbonyl (C=O) groups excluding carboxylic acids is 1. The Morgan fingerprint density at radius 2 is 2.17 bits per heavy atom. The van der Waals surface area contributed by atoms with E-state index < -0.39 is 6.67 Å². The Bertz CT molecular complexity index is 574. The number of carbonyl (C=O) groups is 1. The van der Waals surface area contributed by atoms with E-state index in [2.05, 4.69) is 26.2 Å². The van der Waals surface area contributed by atoms with Crippen molar-refractivity contribution in [1.29, 1.82) is 0 Å². The first-order valence-corrected chi connectivity index (χ1v) is 6.06. The van der Waals surface area contributed by atoms with Crippen molar-refractivity contribution in [3.8, 4) is 0 Å². The van der Waals surface area contributed by atoms with Crippen LogP contribution in [0.4, 0.5) is 10.1 Å². The van der Waals surface area contributed by atoms with Crippen molar-refractivity contribution in [2.45, 2.75) is 6.67 Å². The van der Waals surface area contributed by atoms with Gasteiger partial charge in [0.15, 0.2) is 0 Å². The van der Waals surface area contributed by atoms with Crippen molar-refractivity contribution in [2.75, 3.05) is 5.32 Å². The summed E-state index contributed by atoms with van der Waals surface area (Å²) in [4.78, 5) is 15.9. The fraction of sp³-hybridized carbons (Fsp3) is 0.0769. The third kappa shape index (κ3) is 3.13. The number of amides is 1. The summed E-state index contributed by atoms with van der Waals surface area (Å²) < 4.78 is 13.1. The van der Waals surface area contributed by atoms with Crippen LogP contribution in [-0.2, 0) is 6.67 Å². The Hall–Kier alpha value is -1.75. The molecule has 0 aliphatic heterocycles. The average molecular weight is 309 g/mol. The van der Waals surface area contributed by atoms with Gasteiger partial charge in [-0.1, -0.05) is 12.1 Å². The number of hydrogen-bond acceptors (Lipinski definition) is 2. The SMILES string of the molecule is O=C(Nc1cccc(CF)c1)c1ccnc(Br)c1. The third-order valence-corrected chi connectivity index (χ3v) is 2.76. The molecule has 0 radical (unpaired) electrons. The van der Waals surface area contributed by atoms with Gasteiger partial charge in [-0.05, 0) is 45.8 Å². The van der Waals surface area contributed by atoms with E-state index in [1.54, 1.807) is 36.4 Å². The van der Waals surface area contributed by atoms with Gasteiger partial charge in [0.25, 0.3) is 5.91 Å². The van der Waals surface area contributed by atoms with Crippen molar-refractivity contribution in [3.63, 3.8) is 0 Å². The van der Waals surface area contributed by atoms with Gasteiger partial charge in [-0.2, -0.15) is 0 Å². The first-order chi connectivity index (χ1) is 8.69. The Morgan fingerprint density at radius 1 is 1.33 bits per heavy atom. The number of nitrogens with one attached hydrogen (secondary N) is 1. The molecule has 2 aromatic rings. The largest absolute Gasteiger partial charge is 0.322 e. The summed E-state index contributed by atoms with van der Waals surface area (Å²) in [7, 11) is 0. The smallest absolute Gasteiger partial charge is 0.255 e. The number of halogens is 2. The number of hydrogen-bond donors (Lipinski definition) is 1. The minimum absolute atomic E-state index is 0.255. The first-order valence-electron chi connectivity index (χ1n) is 5.27. The highest BCUT2D eigenvalue weighted by atomic mass is 79.9. The molecule has 0 fully saturated rings. The molecule has 1 N–H and O–H groups in total. The molecule has 0 spiro atoms. The van der Waals surface area contributed by atoms with Crippen molar-refractivity contribution in [1.82, 2.24) is 4.98 Å². The number of pyridine rings is 1. The molecule has 0 saturated heterocycles. The van der Waals surface area contributed by atoms with Gasteiger partial charge >= 0.3 is 0 Å². The van der Waals surface area contributed by atoms with Gasteiger partial charge in [0.05, 0.1) is 0 Å². The Labute approximate surface area is 112 Å². The number of aromatic nitrogens is 1. The first kappa shape index (κ1) is 12.7. The van der Waals surface area contributed by atoms with Crippen LogP contribution in [0.5, 0.6) is 0 Å². The molecule has 0 aliphatic carbocycles. The van der Waals surface area contributed by atoms with E-state index in [0.29, 0.717) is 21.4 Å². The van der Waals surface area contributed by atoms with E-state index in [-0.39, 0.29) is 5.91 Å². The molecule has 92 valence electrons. The van der Waals surface area contributed by atoms with E-state index in [4.69, 9.17) is 0 Å². The van der Waals surface area contributed by atoms with Gasteiger partial charge in [0, 0.05) is 17.4 Å². The van der Waals surface area contributed by atoms with Gasteiger partial charge in [-0.25, -0.2) is 9.37 Å². The van der Waals surface area contributed by atoms with Crippen LogP contribution in [0, 0.1) is 0 Å². The molecule has 1 heterocycles. The summed E-state index contributed by atoms with van der Waals surface area (Å²) in [6.45, 7) is -0.551. The molecule has 0 saturated carbocycles. The number of benzene rings is 1. The molecule has 3 nitrogen and oxygen atoms in total. The van der Waals surface area contributed by atoms with Crippen molar-refractivity contribution in [3.05, 3.63) is 58.3 Å². The van der Waals surface area contributed by atoms with E-state index in [9.17, 15) is 9.18 Å². The van der Waals surface area contributed by atoms with Gasteiger partial charge in [-0.3, -0.25) is 4.79 Å². The maximum absolute atomic E-state index is 12.5. The van der Waals surface area contributed by atoms with Crippen LogP contribution >= 0.6 is 15.9 Å². The zero-order chi connectivity index (χ0) is 13.0. The van der Waals surface area contributed by atoms with E-state index in [0.717, 1.165) is 0 Å². The zero-order valence-corrected chi connectivity index (χ0v) is 10.9. The molecule has 18 heavy (non-hydrogen) atoms. The summed E-state index contributed by atoms with van der Waals surface area (Å²) >= 11 is 3.20. The van der Waals surface area contributed by atoms with Crippen LogP contribution in [0.25, 0.3) is 0 Å². The van der Waals surface area contributed by atoms with Crippen molar-refractivity contribution >= 4 is 27.5 Å². The summed E-state index contributed by atoms with van der Waals surface area (Å²) in [6.07, 6.45) is 1.54.